The second-order valence-electron chi connectivity index (χ2n) is 6.93. The number of ether oxygens (including phenoxy) is 1. The summed E-state index contributed by atoms with van der Waals surface area (Å²) in [6.07, 6.45) is 3.26. The van der Waals surface area contributed by atoms with Gasteiger partial charge >= 0.3 is 0 Å². The van der Waals surface area contributed by atoms with Gasteiger partial charge < -0.3 is 14.5 Å². The van der Waals surface area contributed by atoms with Crippen LogP contribution >= 0.6 is 11.6 Å². The van der Waals surface area contributed by atoms with Gasteiger partial charge in [0.05, 0.1) is 17.8 Å². The van der Waals surface area contributed by atoms with E-state index in [1.807, 2.05) is 13.0 Å². The molecule has 1 N–H and O–H groups in total. The third-order valence-electron chi connectivity index (χ3n) is 4.27. The van der Waals surface area contributed by atoms with Gasteiger partial charge in [-0.15, -0.1) is 0 Å². The van der Waals surface area contributed by atoms with E-state index in [1.54, 1.807) is 29.2 Å². The summed E-state index contributed by atoms with van der Waals surface area (Å²) in [5.74, 6) is 1.78. The molecule has 28 heavy (non-hydrogen) atoms. The van der Waals surface area contributed by atoms with Gasteiger partial charge in [0.1, 0.15) is 18.1 Å². The number of aryl methyl sites for hydroxylation is 1. The van der Waals surface area contributed by atoms with Gasteiger partial charge in [0.25, 0.3) is 5.91 Å². The number of amides is 1. The van der Waals surface area contributed by atoms with Crippen LogP contribution in [0.25, 0.3) is 0 Å². The summed E-state index contributed by atoms with van der Waals surface area (Å²) in [5, 5.41) is 7.43. The monoisotopic (exact) mass is 401 g/mol. The molecule has 0 aliphatic heterocycles. The first-order valence-corrected chi connectivity index (χ1v) is 9.58. The molecule has 0 fully saturated rings. The lowest BCUT2D eigenvalue weighted by Crippen LogP contribution is -2.27. The van der Waals surface area contributed by atoms with Crippen LogP contribution in [0.3, 0.4) is 0 Å². The number of nitrogens with one attached hydrogen (secondary N) is 1. The predicted molar refractivity (Wildman–Crippen MR) is 108 cm³/mol. The Morgan fingerprint density at radius 1 is 1.32 bits per heavy atom. The minimum absolute atomic E-state index is 0.255. The van der Waals surface area contributed by atoms with Crippen LogP contribution in [0.4, 0.5) is 0 Å². The van der Waals surface area contributed by atoms with E-state index in [9.17, 15) is 4.79 Å². The number of hydrogen-bond donors (Lipinski definition) is 1. The highest BCUT2D eigenvalue weighted by Crippen LogP contribution is 2.28. The predicted octanol–water partition coefficient (Wildman–Crippen LogP) is 4.57. The number of aromatic nitrogens is 2. The highest BCUT2D eigenvalue weighted by atomic mass is 35.5. The Morgan fingerprint density at radius 2 is 2.14 bits per heavy atom. The lowest BCUT2D eigenvalue weighted by atomic mass is 10.0. The van der Waals surface area contributed by atoms with Gasteiger partial charge in [-0.3, -0.25) is 9.48 Å². The summed E-state index contributed by atoms with van der Waals surface area (Å²) >= 11 is 5.81. The number of hydrogen-bond acceptors (Lipinski definition) is 4. The van der Waals surface area contributed by atoms with Crippen molar-refractivity contribution in [1.29, 1.82) is 0 Å². The number of benzene rings is 1. The van der Waals surface area contributed by atoms with Gasteiger partial charge in [-0.1, -0.05) is 37.6 Å². The summed E-state index contributed by atoms with van der Waals surface area (Å²) in [5.41, 5.74) is 2.28. The molecular weight excluding hydrogens is 378 g/mol. The molecular formula is C21H24ClN3O3. The Morgan fingerprint density at radius 3 is 2.86 bits per heavy atom. The minimum Gasteiger partial charge on any atom is -0.485 e. The lowest BCUT2D eigenvalue weighted by molar-refractivity contribution is 0.0920. The smallest absolute Gasteiger partial charge is 0.287 e. The third kappa shape index (κ3) is 5.16. The van der Waals surface area contributed by atoms with Gasteiger partial charge in [0, 0.05) is 12.7 Å². The molecule has 0 atom stereocenters. The Labute approximate surface area is 169 Å². The van der Waals surface area contributed by atoms with Crippen LogP contribution in [0, 0.1) is 6.92 Å². The van der Waals surface area contributed by atoms with Gasteiger partial charge in [0.15, 0.2) is 5.76 Å². The fraction of sp³-hybridized carbons (Fsp3) is 0.333. The van der Waals surface area contributed by atoms with E-state index in [1.165, 1.54) is 0 Å². The Hall–Kier alpha value is -2.73. The van der Waals surface area contributed by atoms with Crippen LogP contribution < -0.4 is 10.1 Å². The van der Waals surface area contributed by atoms with Crippen molar-refractivity contribution in [3.63, 3.8) is 0 Å². The van der Waals surface area contributed by atoms with Crippen LogP contribution in [0.1, 0.15) is 47.2 Å². The zero-order chi connectivity index (χ0) is 20.1. The van der Waals surface area contributed by atoms with Crippen molar-refractivity contribution in [2.45, 2.75) is 39.8 Å². The van der Waals surface area contributed by atoms with Crippen LogP contribution in [-0.2, 0) is 13.2 Å². The van der Waals surface area contributed by atoms with E-state index in [0.29, 0.717) is 29.8 Å². The van der Waals surface area contributed by atoms with Crippen molar-refractivity contribution >= 4 is 17.5 Å². The molecule has 0 aliphatic carbocycles. The van der Waals surface area contributed by atoms with Crippen molar-refractivity contribution in [2.24, 2.45) is 0 Å². The first-order valence-electron chi connectivity index (χ1n) is 9.20. The molecule has 0 bridgehead atoms. The Balaban J connectivity index is 1.54. The first-order chi connectivity index (χ1) is 13.4. The summed E-state index contributed by atoms with van der Waals surface area (Å²) in [6, 6.07) is 9.59. The van der Waals surface area contributed by atoms with Gasteiger partial charge in [-0.05, 0) is 42.2 Å². The molecule has 0 spiro atoms. The quantitative estimate of drug-likeness (QED) is 0.600. The van der Waals surface area contributed by atoms with Gasteiger partial charge in [-0.25, -0.2) is 0 Å². The summed E-state index contributed by atoms with van der Waals surface area (Å²) in [4.78, 5) is 12.2. The lowest BCUT2D eigenvalue weighted by Gasteiger charge is -2.14. The van der Waals surface area contributed by atoms with Crippen molar-refractivity contribution < 1.29 is 13.9 Å². The van der Waals surface area contributed by atoms with Crippen molar-refractivity contribution in [1.82, 2.24) is 15.1 Å². The normalized spacial score (nSPS) is 11.0. The van der Waals surface area contributed by atoms with Crippen molar-refractivity contribution in [3.05, 3.63) is 70.4 Å². The number of nitrogens with zero attached hydrogens (tertiary/aromatic N) is 2. The fourth-order valence-corrected chi connectivity index (χ4v) is 2.96. The topological polar surface area (TPSA) is 69.3 Å². The first kappa shape index (κ1) is 20.0. The highest BCUT2D eigenvalue weighted by Gasteiger charge is 2.13. The van der Waals surface area contributed by atoms with Crippen LogP contribution in [0.5, 0.6) is 5.75 Å². The average Bonchev–Trinajstić information content (AvgIpc) is 3.29. The second kappa shape index (κ2) is 8.97. The number of halogens is 1. The molecule has 1 aromatic carbocycles. The summed E-state index contributed by atoms with van der Waals surface area (Å²) in [7, 11) is 0. The number of carbonyl (C=O) groups is 1. The average molecular weight is 402 g/mol. The van der Waals surface area contributed by atoms with E-state index in [-0.39, 0.29) is 18.3 Å². The maximum Gasteiger partial charge on any atom is 0.287 e. The summed E-state index contributed by atoms with van der Waals surface area (Å²) in [6.45, 7) is 7.50. The molecule has 0 radical (unpaired) electrons. The number of carbonyl (C=O) groups excluding carboxylic acids is 1. The van der Waals surface area contributed by atoms with Gasteiger partial charge in [-0.2, -0.15) is 5.10 Å². The van der Waals surface area contributed by atoms with E-state index in [0.717, 1.165) is 16.9 Å². The van der Waals surface area contributed by atoms with E-state index in [4.69, 9.17) is 20.8 Å². The molecule has 0 unspecified atom stereocenters. The van der Waals surface area contributed by atoms with E-state index >= 15 is 0 Å². The van der Waals surface area contributed by atoms with E-state index in [2.05, 4.69) is 36.4 Å². The Kier molecular flexibility index (Phi) is 6.41. The third-order valence-corrected chi connectivity index (χ3v) is 4.47. The van der Waals surface area contributed by atoms with Crippen molar-refractivity contribution in [2.75, 3.05) is 6.54 Å². The Bertz CT molecular complexity index is 946. The molecule has 6 nitrogen and oxygen atoms in total. The molecule has 0 aliphatic rings. The fourth-order valence-electron chi connectivity index (χ4n) is 2.80. The molecule has 3 aromatic rings. The molecule has 1 amide bonds. The molecule has 148 valence electrons. The maximum atomic E-state index is 12.2. The van der Waals surface area contributed by atoms with E-state index < -0.39 is 0 Å². The standard InChI is InChI=1S/C21H24ClN3O3/c1-14(2)18-6-4-15(3)10-20(18)27-13-17-5-7-19(28-17)21(26)23-8-9-25-12-16(22)11-24-25/h4-7,10-12,14H,8-9,13H2,1-3H3,(H,23,26). The number of rotatable bonds is 8. The van der Waals surface area contributed by atoms with Crippen LogP contribution in [0.15, 0.2) is 47.1 Å². The molecule has 3 rings (SSSR count). The molecule has 2 heterocycles. The highest BCUT2D eigenvalue weighted by molar-refractivity contribution is 6.30. The zero-order valence-electron chi connectivity index (χ0n) is 16.2. The maximum absolute atomic E-state index is 12.2. The number of furan rings is 1. The second-order valence-corrected chi connectivity index (χ2v) is 7.36. The van der Waals surface area contributed by atoms with Gasteiger partial charge in [0.2, 0.25) is 0 Å². The molecule has 7 heteroatoms. The minimum atomic E-state index is -0.275. The van der Waals surface area contributed by atoms with Crippen LogP contribution in [0.2, 0.25) is 5.02 Å². The summed E-state index contributed by atoms with van der Waals surface area (Å²) < 4.78 is 13.2. The molecule has 2 aromatic heterocycles. The molecule has 0 saturated heterocycles. The van der Waals surface area contributed by atoms with Crippen LogP contribution in [-0.4, -0.2) is 22.2 Å². The van der Waals surface area contributed by atoms with Crippen molar-refractivity contribution in [3.8, 4) is 5.75 Å². The molecule has 0 saturated carbocycles. The largest absolute Gasteiger partial charge is 0.485 e. The zero-order valence-corrected chi connectivity index (χ0v) is 17.0. The SMILES string of the molecule is Cc1ccc(C(C)C)c(OCc2ccc(C(=O)NCCn3cc(Cl)cn3)o2)c1.